The number of hydrogen-bond acceptors (Lipinski definition) is 0. The van der Waals surface area contributed by atoms with Crippen LogP contribution >= 0.6 is 0 Å². The van der Waals surface area contributed by atoms with E-state index < -0.39 is 183 Å². The van der Waals surface area contributed by atoms with Gasteiger partial charge in [0, 0.05) is 75.1 Å². The van der Waals surface area contributed by atoms with Gasteiger partial charge in [0.05, 0.1) is 10.8 Å². The Morgan fingerprint density at radius 1 is 0.524 bits per heavy atom. The highest BCUT2D eigenvalue weighted by Gasteiger charge is 2.52. The highest BCUT2D eigenvalue weighted by atomic mass is 28.3. The van der Waals surface area contributed by atoms with E-state index in [-0.39, 0.29) is 19.8 Å². The second-order valence-electron chi connectivity index (χ2n) is 22.6. The van der Waals surface area contributed by atoms with Crippen molar-refractivity contribution >= 4 is 16.1 Å². The summed E-state index contributed by atoms with van der Waals surface area (Å²) in [7, 11) is -7.18. The Kier molecular flexibility index (Phi) is 16.4. The molecule has 0 nitrogen and oxygen atoms in total. The smallest absolute Gasteiger partial charge is 0.171 e. The van der Waals surface area contributed by atoms with Crippen molar-refractivity contribution in [1.29, 1.82) is 0 Å². The van der Waals surface area contributed by atoms with E-state index in [1.54, 1.807) is 19.1 Å². The third kappa shape index (κ3) is 35.6. The molecule has 0 unspecified atom stereocenters. The summed E-state index contributed by atoms with van der Waals surface area (Å²) in [6, 6.07) is 31.2. The topological polar surface area (TPSA) is 0 Å². The minimum atomic E-state index is -5.56. The van der Waals surface area contributed by atoms with Crippen LogP contribution in [0.15, 0.2) is 97.1 Å². The van der Waals surface area contributed by atoms with Gasteiger partial charge in [-0.15, -0.1) is 0 Å². The number of benzene rings is 4. The summed E-state index contributed by atoms with van der Waals surface area (Å²) in [5, 5.41) is 0. The number of rotatable bonds is 6. The predicted molar refractivity (Wildman–Crippen MR) is 369 cm³/mol. The van der Waals surface area contributed by atoms with Crippen LogP contribution in [0.5, 0.6) is 0 Å². The first-order chi connectivity index (χ1) is 54.7. The van der Waals surface area contributed by atoms with Crippen LogP contribution in [0.1, 0.15) is 308 Å². The Morgan fingerprint density at radius 3 is 1.06 bits per heavy atom. The van der Waals surface area contributed by atoms with Crippen molar-refractivity contribution in [2.24, 2.45) is 33.9 Å². The Bertz CT molecular complexity index is 3780. The second-order valence-corrected chi connectivity index (χ2v) is 29.4. The van der Waals surface area contributed by atoms with E-state index in [4.69, 9.17) is 58.9 Å². The highest BCUT2D eigenvalue weighted by Crippen LogP contribution is 2.50. The molecule has 0 spiro atoms. The lowest BCUT2D eigenvalue weighted by molar-refractivity contribution is -0.230. The highest BCUT2D eigenvalue weighted by molar-refractivity contribution is 6.78. The van der Waals surface area contributed by atoms with Crippen molar-refractivity contribution in [1.82, 2.24) is 0 Å². The normalized spacial score (nSPS) is 38.8. The van der Waals surface area contributed by atoms with Crippen molar-refractivity contribution in [2.75, 3.05) is 0 Å². The largest absolute Gasteiger partial charge is 0.394 e. The number of alkyl halides is 6. The van der Waals surface area contributed by atoms with Crippen LogP contribution in [0.25, 0.3) is 0 Å². The summed E-state index contributed by atoms with van der Waals surface area (Å²) in [6.07, 6.45) is -36.7. The first-order valence-electron chi connectivity index (χ1n) is 49.1. The van der Waals surface area contributed by atoms with Crippen molar-refractivity contribution in [3.8, 4) is 0 Å². The predicted octanol–water partition coefficient (Wildman–Crippen LogP) is 27.5. The van der Waals surface area contributed by atoms with Gasteiger partial charge in [-0.3, -0.25) is 0 Å². The van der Waals surface area contributed by atoms with Gasteiger partial charge in [-0.1, -0.05) is 271 Å². The molecule has 3 aliphatic carbocycles. The zero-order valence-corrected chi connectivity index (χ0v) is 55.8. The molecular formula is C76H130F6Si2. The van der Waals surface area contributed by atoms with Crippen molar-refractivity contribution in [2.45, 2.75) is 302 Å². The Balaban J connectivity index is 0. The molecule has 0 bridgehead atoms. The molecule has 0 heterocycles. The summed E-state index contributed by atoms with van der Waals surface area (Å²) >= 11 is 0. The van der Waals surface area contributed by atoms with Gasteiger partial charge < -0.3 is 0 Å². The van der Waals surface area contributed by atoms with Gasteiger partial charge in [0.2, 0.25) is 0 Å². The van der Waals surface area contributed by atoms with Gasteiger partial charge in [-0.05, 0) is 184 Å². The third-order valence-electron chi connectivity index (χ3n) is 12.9. The van der Waals surface area contributed by atoms with E-state index in [1.165, 1.54) is 36.7 Å². The van der Waals surface area contributed by atoms with Crippen LogP contribution in [0.2, 0.25) is 50.6 Å². The van der Waals surface area contributed by atoms with E-state index in [1.807, 2.05) is 154 Å². The maximum absolute atomic E-state index is 13.4. The van der Waals surface area contributed by atoms with E-state index in [0.29, 0.717) is 32.3 Å². The molecule has 484 valence electrons. The van der Waals surface area contributed by atoms with E-state index >= 15 is 0 Å². The molecule has 0 amide bonds. The molecular weight excluding hydrogens is 1080 g/mol. The van der Waals surface area contributed by atoms with E-state index in [9.17, 15) is 26.3 Å². The third-order valence-corrected chi connectivity index (χ3v) is 15.4. The van der Waals surface area contributed by atoms with Gasteiger partial charge in [-0.25, -0.2) is 0 Å². The van der Waals surface area contributed by atoms with E-state index in [2.05, 4.69) is 0 Å². The van der Waals surface area contributed by atoms with Crippen LogP contribution in [0, 0.1) is 68.5 Å². The molecule has 0 saturated heterocycles. The van der Waals surface area contributed by atoms with Gasteiger partial charge in [0.1, 0.15) is 0 Å². The molecule has 84 heavy (non-hydrogen) atoms. The second kappa shape index (κ2) is 39.7. The first-order valence-corrected chi connectivity index (χ1v) is 33.1. The molecule has 4 aromatic carbocycles. The first kappa shape index (κ1) is 34.8. The summed E-state index contributed by atoms with van der Waals surface area (Å²) in [5.41, 5.74) is -0.283. The van der Waals surface area contributed by atoms with Crippen LogP contribution in [-0.2, 0) is 0 Å². The molecule has 3 aliphatic rings. The lowest BCUT2D eigenvalue weighted by Crippen LogP contribution is -2.38. The summed E-state index contributed by atoms with van der Waals surface area (Å²) in [6.45, 7) is 17.6. The maximum Gasteiger partial charge on any atom is 0.394 e. The lowest BCUT2D eigenvalue weighted by atomic mass is 9.72. The minimum Gasteiger partial charge on any atom is -0.171 e. The fourth-order valence-corrected chi connectivity index (χ4v) is 7.38. The summed E-state index contributed by atoms with van der Waals surface area (Å²) in [5.74, 6) is -15.2. The van der Waals surface area contributed by atoms with Gasteiger partial charge in [0.25, 0.3) is 0 Å². The molecule has 3 saturated carbocycles. The van der Waals surface area contributed by atoms with Crippen molar-refractivity contribution in [3.63, 3.8) is 0 Å². The zero-order valence-electron chi connectivity index (χ0n) is 96.8. The van der Waals surface area contributed by atoms with Crippen LogP contribution < -0.4 is 0 Å². The Hall–Kier alpha value is -3.11. The van der Waals surface area contributed by atoms with Crippen molar-refractivity contribution < 1.29 is 85.3 Å². The van der Waals surface area contributed by atoms with Crippen LogP contribution in [-0.4, -0.2) is 28.5 Å². The molecule has 3 fully saturated rings. The Morgan fingerprint density at radius 2 is 0.845 bits per heavy atom. The molecule has 0 radical (unpaired) electrons. The fraction of sp³-hybridized carbons (Fsp3) is 0.684. The molecule has 0 aromatic heterocycles. The number of aryl methyl sites for hydroxylation is 5. The van der Waals surface area contributed by atoms with E-state index in [0.717, 1.165) is 49.6 Å². The van der Waals surface area contributed by atoms with Crippen LogP contribution in [0.4, 0.5) is 26.3 Å². The van der Waals surface area contributed by atoms with Gasteiger partial charge in [-0.2, -0.15) is 26.3 Å². The SMILES string of the molecule is [2H]C(C)(C)c1ccccc1C.[2H]C(C)(C)c1ccccc1C.[2H]C(C)(C)c1ccccc1C.[2H]C([2H])([2H])C([2H])([2H])[Si](C)(C([2H])([2H])C)C([2H])([2H])C.[2H]C([2H])([2H])C1(C)C([2H])([2H])C([2H])([2H])C([2H])(C)C([2H])([2H])C1([2H])[2H].[2H]C([2H])([2H])[Si](C)(C)C([2H])([2H])[2H].[2H]C([2H])([2H])c1ccccc1C.[2H]C1(C)CCC(C)(C(F)(F)F)CC1.[2H]C1([2H])C([2H])([2H])C(C)(C(F)(F)F)C([2H])([2H])C([2H])([2H])C1([2H])C. The van der Waals surface area contributed by atoms with Crippen LogP contribution in [0.3, 0.4) is 0 Å². The Labute approximate surface area is 579 Å². The standard InChI is InChI=1S/3C10H14.2C9H15F3.C9H18.C8H10.C7H18Si.C4H12Si/c3*1-8(2)10-7-5-4-6-9(10)3;2*1-7-3-5-8(2,6-4-7)9(10,11)12;1-8-4-6-9(2,3)7-5-8;1-7-5-3-4-6-8(7)2;1-5-8(4,6-2)7-3;1-5(2,3)4/h3*4-8H,1-3H3;2*7H,3-6H2,1-2H3;8H,4-7H2,1-3H3;3-6H,1-2H3;5-7H2,1-4H3;1-4H3/i3*8D;3D2,4D2,5D2,6D2,7D;7D;2D3,4D2,5D2,6D2,7D2,8D;1D3;1D3,5D2,6D2,7D2;1D3,2D3. The molecule has 8 heteroatoms. The molecule has 7 rings (SSSR count). The average molecular weight is 1260 g/mol. The van der Waals surface area contributed by atoms with Crippen molar-refractivity contribution in [3.05, 3.63) is 142 Å². The lowest BCUT2D eigenvalue weighted by Gasteiger charge is -2.37. The maximum atomic E-state index is 13.4. The summed E-state index contributed by atoms with van der Waals surface area (Å²) < 4.78 is 402. The average Bonchev–Trinajstić information content (AvgIpc) is 0.657. The molecule has 0 atom stereocenters. The molecule has 0 aliphatic heterocycles. The fourth-order valence-electron chi connectivity index (χ4n) is 6.88. The van der Waals surface area contributed by atoms with Gasteiger partial charge in [0.15, 0.2) is 0 Å². The quantitative estimate of drug-likeness (QED) is 0.133. The minimum absolute atomic E-state index is 0.0938. The molecule has 0 N–H and O–H groups in total. The molecule has 4 aromatic rings. The monoisotopic (exact) mass is 1260 g/mol. The zero-order chi connectivity index (χ0) is 103. The van der Waals surface area contributed by atoms with Gasteiger partial charge >= 0.3 is 12.4 Å². The summed E-state index contributed by atoms with van der Waals surface area (Å²) in [4.78, 5) is 0. The number of halogens is 6. The number of hydrogen-bond donors (Lipinski definition) is 0.